The SMILES string of the molecule is CC1CCC(Cn2cc(CN)c3ccc(Cl)cc32)O1. The summed E-state index contributed by atoms with van der Waals surface area (Å²) in [6, 6.07) is 5.98. The number of aromatic nitrogens is 1. The van der Waals surface area contributed by atoms with Crippen LogP contribution in [0.4, 0.5) is 0 Å². The Bertz CT molecular complexity index is 593. The molecular weight excluding hydrogens is 260 g/mol. The number of ether oxygens (including phenoxy) is 1. The Balaban J connectivity index is 1.96. The van der Waals surface area contributed by atoms with Crippen molar-refractivity contribution in [3.05, 3.63) is 35.0 Å². The van der Waals surface area contributed by atoms with Crippen molar-refractivity contribution in [3.8, 4) is 0 Å². The Kier molecular flexibility index (Phi) is 3.52. The molecule has 0 amide bonds. The van der Waals surface area contributed by atoms with Gasteiger partial charge in [0.1, 0.15) is 0 Å². The molecule has 3 nitrogen and oxygen atoms in total. The molecule has 2 N–H and O–H groups in total. The Morgan fingerprint density at radius 3 is 2.95 bits per heavy atom. The molecule has 1 saturated heterocycles. The molecule has 2 heterocycles. The molecule has 2 atom stereocenters. The van der Waals surface area contributed by atoms with E-state index in [0.717, 1.165) is 35.5 Å². The zero-order chi connectivity index (χ0) is 13.4. The van der Waals surface area contributed by atoms with Crippen molar-refractivity contribution >= 4 is 22.5 Å². The number of rotatable bonds is 3. The van der Waals surface area contributed by atoms with Gasteiger partial charge in [0.05, 0.1) is 12.2 Å². The van der Waals surface area contributed by atoms with Crippen LogP contribution in [0.25, 0.3) is 10.9 Å². The largest absolute Gasteiger partial charge is 0.373 e. The van der Waals surface area contributed by atoms with E-state index < -0.39 is 0 Å². The Morgan fingerprint density at radius 2 is 2.26 bits per heavy atom. The summed E-state index contributed by atoms with van der Waals surface area (Å²) >= 11 is 6.11. The van der Waals surface area contributed by atoms with E-state index in [1.807, 2.05) is 12.1 Å². The first-order valence-electron chi connectivity index (χ1n) is 6.80. The first-order valence-corrected chi connectivity index (χ1v) is 7.18. The highest BCUT2D eigenvalue weighted by Crippen LogP contribution is 2.27. The highest BCUT2D eigenvalue weighted by atomic mass is 35.5. The van der Waals surface area contributed by atoms with Crippen LogP contribution in [-0.2, 0) is 17.8 Å². The third-order valence-electron chi connectivity index (χ3n) is 3.87. The van der Waals surface area contributed by atoms with Gasteiger partial charge in [0.15, 0.2) is 0 Å². The number of nitrogens with two attached hydrogens (primary N) is 1. The predicted molar refractivity (Wildman–Crippen MR) is 78.4 cm³/mol. The van der Waals surface area contributed by atoms with E-state index in [-0.39, 0.29) is 0 Å². The second-order valence-electron chi connectivity index (χ2n) is 5.32. The second kappa shape index (κ2) is 5.16. The minimum absolute atomic E-state index is 0.301. The first-order chi connectivity index (χ1) is 9.17. The van der Waals surface area contributed by atoms with Crippen molar-refractivity contribution in [2.45, 2.75) is 45.1 Å². The van der Waals surface area contributed by atoms with Gasteiger partial charge in [0.25, 0.3) is 0 Å². The van der Waals surface area contributed by atoms with Crippen LogP contribution in [0.5, 0.6) is 0 Å². The summed E-state index contributed by atoms with van der Waals surface area (Å²) in [5.41, 5.74) is 8.13. The number of halogens is 1. The van der Waals surface area contributed by atoms with Gasteiger partial charge in [-0.25, -0.2) is 0 Å². The quantitative estimate of drug-likeness (QED) is 0.936. The van der Waals surface area contributed by atoms with E-state index in [0.29, 0.717) is 18.8 Å². The highest BCUT2D eigenvalue weighted by molar-refractivity contribution is 6.31. The Morgan fingerprint density at radius 1 is 1.42 bits per heavy atom. The average Bonchev–Trinajstić information content (AvgIpc) is 2.94. The Labute approximate surface area is 118 Å². The maximum atomic E-state index is 6.11. The maximum absolute atomic E-state index is 6.11. The topological polar surface area (TPSA) is 40.2 Å². The highest BCUT2D eigenvalue weighted by Gasteiger charge is 2.22. The van der Waals surface area contributed by atoms with Gasteiger partial charge in [-0.3, -0.25) is 0 Å². The summed E-state index contributed by atoms with van der Waals surface area (Å²) in [6.07, 6.45) is 5.08. The van der Waals surface area contributed by atoms with Gasteiger partial charge in [0, 0.05) is 35.2 Å². The van der Waals surface area contributed by atoms with Crippen LogP contribution < -0.4 is 5.73 Å². The zero-order valence-electron chi connectivity index (χ0n) is 11.1. The lowest BCUT2D eigenvalue weighted by atomic mass is 10.2. The predicted octanol–water partition coefficient (Wildman–Crippen LogP) is 3.32. The minimum atomic E-state index is 0.301. The molecule has 1 aliphatic heterocycles. The van der Waals surface area contributed by atoms with Gasteiger partial charge in [-0.15, -0.1) is 0 Å². The van der Waals surface area contributed by atoms with E-state index in [9.17, 15) is 0 Å². The standard InChI is InChI=1S/C15H19ClN2O/c1-10-2-4-13(19-10)9-18-8-11(7-17)14-5-3-12(16)6-15(14)18/h3,5-6,8,10,13H,2,4,7,9,17H2,1H3. The lowest BCUT2D eigenvalue weighted by Crippen LogP contribution is -2.15. The average molecular weight is 279 g/mol. The van der Waals surface area contributed by atoms with Crippen molar-refractivity contribution in [3.63, 3.8) is 0 Å². The third kappa shape index (κ3) is 2.50. The van der Waals surface area contributed by atoms with Crippen LogP contribution in [0, 0.1) is 0 Å². The van der Waals surface area contributed by atoms with Gasteiger partial charge in [-0.1, -0.05) is 17.7 Å². The fourth-order valence-electron chi connectivity index (χ4n) is 2.89. The molecule has 0 spiro atoms. The molecule has 0 saturated carbocycles. The number of hydrogen-bond donors (Lipinski definition) is 1. The number of hydrogen-bond acceptors (Lipinski definition) is 2. The van der Waals surface area contributed by atoms with Crippen LogP contribution in [-0.4, -0.2) is 16.8 Å². The minimum Gasteiger partial charge on any atom is -0.373 e. The molecule has 0 bridgehead atoms. The number of fused-ring (bicyclic) bond motifs is 1. The first kappa shape index (κ1) is 13.0. The molecule has 0 aliphatic carbocycles. The smallest absolute Gasteiger partial charge is 0.0758 e. The molecule has 1 fully saturated rings. The molecule has 1 aromatic carbocycles. The van der Waals surface area contributed by atoms with Gasteiger partial charge < -0.3 is 15.0 Å². The molecule has 1 aliphatic rings. The van der Waals surface area contributed by atoms with Gasteiger partial charge >= 0.3 is 0 Å². The molecule has 3 rings (SSSR count). The van der Waals surface area contributed by atoms with Crippen molar-refractivity contribution in [1.29, 1.82) is 0 Å². The summed E-state index contributed by atoms with van der Waals surface area (Å²) < 4.78 is 8.13. The summed E-state index contributed by atoms with van der Waals surface area (Å²) in [6.45, 7) is 3.56. The van der Waals surface area contributed by atoms with E-state index in [1.54, 1.807) is 0 Å². The molecular formula is C15H19ClN2O. The second-order valence-corrected chi connectivity index (χ2v) is 5.75. The normalized spacial score (nSPS) is 23.3. The van der Waals surface area contributed by atoms with Crippen LogP contribution >= 0.6 is 11.6 Å². The van der Waals surface area contributed by atoms with Gasteiger partial charge in [-0.2, -0.15) is 0 Å². The van der Waals surface area contributed by atoms with E-state index in [4.69, 9.17) is 22.1 Å². The van der Waals surface area contributed by atoms with Crippen molar-refractivity contribution in [1.82, 2.24) is 4.57 Å². The lowest BCUT2D eigenvalue weighted by Gasteiger charge is -2.13. The van der Waals surface area contributed by atoms with Crippen molar-refractivity contribution in [2.24, 2.45) is 5.73 Å². The fourth-order valence-corrected chi connectivity index (χ4v) is 3.06. The third-order valence-corrected chi connectivity index (χ3v) is 4.10. The lowest BCUT2D eigenvalue weighted by molar-refractivity contribution is 0.0465. The molecule has 19 heavy (non-hydrogen) atoms. The van der Waals surface area contributed by atoms with Crippen molar-refractivity contribution in [2.75, 3.05) is 0 Å². The molecule has 4 heteroatoms. The fraction of sp³-hybridized carbons (Fsp3) is 0.467. The molecule has 2 unspecified atom stereocenters. The molecule has 2 aromatic rings. The summed E-state index contributed by atoms with van der Waals surface area (Å²) in [5.74, 6) is 0. The van der Waals surface area contributed by atoms with E-state index in [2.05, 4.69) is 23.8 Å². The number of nitrogens with zero attached hydrogens (tertiary/aromatic N) is 1. The summed E-state index contributed by atoms with van der Waals surface area (Å²) in [4.78, 5) is 0. The van der Waals surface area contributed by atoms with Crippen LogP contribution in [0.15, 0.2) is 24.4 Å². The van der Waals surface area contributed by atoms with E-state index >= 15 is 0 Å². The van der Waals surface area contributed by atoms with E-state index in [1.165, 1.54) is 5.39 Å². The molecule has 1 aromatic heterocycles. The summed E-state index contributed by atoms with van der Waals surface area (Å²) in [7, 11) is 0. The maximum Gasteiger partial charge on any atom is 0.0758 e. The number of benzene rings is 1. The molecule has 102 valence electrons. The van der Waals surface area contributed by atoms with Crippen LogP contribution in [0.1, 0.15) is 25.3 Å². The van der Waals surface area contributed by atoms with Gasteiger partial charge in [-0.05, 0) is 37.5 Å². The zero-order valence-corrected chi connectivity index (χ0v) is 11.9. The monoisotopic (exact) mass is 278 g/mol. The Hall–Kier alpha value is -1.03. The van der Waals surface area contributed by atoms with Crippen LogP contribution in [0.3, 0.4) is 0 Å². The molecule has 0 radical (unpaired) electrons. The van der Waals surface area contributed by atoms with Crippen molar-refractivity contribution < 1.29 is 4.74 Å². The van der Waals surface area contributed by atoms with Crippen LogP contribution in [0.2, 0.25) is 5.02 Å². The van der Waals surface area contributed by atoms with Gasteiger partial charge in [0.2, 0.25) is 0 Å². The summed E-state index contributed by atoms with van der Waals surface area (Å²) in [5, 5.41) is 1.95.